The number of fused-ring (bicyclic) bond motifs is 1. The van der Waals surface area contributed by atoms with Crippen LogP contribution in [0.2, 0.25) is 0 Å². The number of esters is 1. The van der Waals surface area contributed by atoms with E-state index in [1.807, 2.05) is 48.0 Å². The van der Waals surface area contributed by atoms with E-state index in [0.29, 0.717) is 6.42 Å². The molecule has 0 radical (unpaired) electrons. The zero-order valence-electron chi connectivity index (χ0n) is 16.2. The first-order valence-electron chi connectivity index (χ1n) is 9.20. The van der Waals surface area contributed by atoms with E-state index in [1.54, 1.807) is 0 Å². The first kappa shape index (κ1) is 20.6. The lowest BCUT2D eigenvalue weighted by molar-refractivity contribution is -0.145. The number of methoxy groups -OCH3 is 1. The van der Waals surface area contributed by atoms with E-state index in [0.717, 1.165) is 21.3 Å². The van der Waals surface area contributed by atoms with Crippen LogP contribution in [0.25, 0.3) is 10.9 Å². The summed E-state index contributed by atoms with van der Waals surface area (Å²) in [7, 11) is 1.29. The number of hydrogen-bond donors (Lipinski definition) is 3. The summed E-state index contributed by atoms with van der Waals surface area (Å²) in [5.41, 5.74) is 1.87. The van der Waals surface area contributed by atoms with Crippen molar-refractivity contribution in [1.29, 1.82) is 0 Å². The monoisotopic (exact) mass is 413 g/mol. The predicted octanol–water partition coefficient (Wildman–Crippen LogP) is 2.70. The van der Waals surface area contributed by atoms with Gasteiger partial charge in [0.05, 0.1) is 19.6 Å². The van der Waals surface area contributed by atoms with Gasteiger partial charge in [0.2, 0.25) is 11.8 Å². The number of rotatable bonds is 8. The molecule has 0 spiro atoms. The van der Waals surface area contributed by atoms with E-state index in [9.17, 15) is 14.4 Å². The van der Waals surface area contributed by atoms with E-state index >= 15 is 0 Å². The second kappa shape index (κ2) is 9.38. The van der Waals surface area contributed by atoms with Gasteiger partial charge >= 0.3 is 5.97 Å². The highest BCUT2D eigenvalue weighted by Gasteiger charge is 2.25. The Morgan fingerprint density at radius 2 is 1.93 bits per heavy atom. The molecule has 152 valence electrons. The van der Waals surface area contributed by atoms with Crippen LogP contribution in [0.15, 0.2) is 48.0 Å². The minimum Gasteiger partial charge on any atom is -0.467 e. The number of nitrogens with one attached hydrogen (secondary N) is 3. The summed E-state index contributed by atoms with van der Waals surface area (Å²) >= 11 is 1.46. The van der Waals surface area contributed by atoms with Crippen molar-refractivity contribution in [3.8, 4) is 0 Å². The molecule has 2 heterocycles. The van der Waals surface area contributed by atoms with E-state index < -0.39 is 18.1 Å². The number of amides is 2. The minimum atomic E-state index is -0.826. The fraction of sp³-hybridized carbons (Fsp3) is 0.286. The largest absolute Gasteiger partial charge is 0.467 e. The van der Waals surface area contributed by atoms with Gasteiger partial charge in [0.15, 0.2) is 0 Å². The smallest absolute Gasteiger partial charge is 0.328 e. The van der Waals surface area contributed by atoms with Gasteiger partial charge in [0, 0.05) is 35.3 Å². The van der Waals surface area contributed by atoms with Crippen LogP contribution in [-0.4, -0.2) is 35.9 Å². The van der Waals surface area contributed by atoms with Crippen LogP contribution in [0.3, 0.4) is 0 Å². The fourth-order valence-electron chi connectivity index (χ4n) is 3.25. The Labute approximate surface area is 172 Å². The lowest BCUT2D eigenvalue weighted by Crippen LogP contribution is -2.44. The van der Waals surface area contributed by atoms with Crippen LogP contribution in [0.5, 0.6) is 0 Å². The summed E-state index contributed by atoms with van der Waals surface area (Å²) in [6.45, 7) is 1.41. The van der Waals surface area contributed by atoms with Gasteiger partial charge in [-0.25, -0.2) is 4.79 Å². The van der Waals surface area contributed by atoms with Gasteiger partial charge in [-0.3, -0.25) is 9.59 Å². The summed E-state index contributed by atoms with van der Waals surface area (Å²) in [4.78, 5) is 40.5. The molecule has 0 saturated carbocycles. The van der Waals surface area contributed by atoms with Crippen molar-refractivity contribution in [3.63, 3.8) is 0 Å². The summed E-state index contributed by atoms with van der Waals surface area (Å²) in [5, 5.41) is 8.43. The number of hydrogen-bond acceptors (Lipinski definition) is 5. The zero-order chi connectivity index (χ0) is 20.8. The Morgan fingerprint density at radius 1 is 1.14 bits per heavy atom. The molecule has 0 saturated heterocycles. The molecular formula is C21H23N3O4S. The molecule has 7 nitrogen and oxygen atoms in total. The lowest BCUT2D eigenvalue weighted by Gasteiger charge is -2.20. The van der Waals surface area contributed by atoms with Gasteiger partial charge in [-0.1, -0.05) is 24.3 Å². The van der Waals surface area contributed by atoms with Crippen molar-refractivity contribution >= 4 is 40.0 Å². The van der Waals surface area contributed by atoms with Crippen LogP contribution in [0, 0.1) is 0 Å². The molecule has 2 aromatic heterocycles. The van der Waals surface area contributed by atoms with Crippen LogP contribution < -0.4 is 10.6 Å². The molecule has 0 aliphatic carbocycles. The number of ether oxygens (including phenoxy) is 1. The number of H-pyrrole nitrogens is 1. The summed E-state index contributed by atoms with van der Waals surface area (Å²) < 4.78 is 4.88. The summed E-state index contributed by atoms with van der Waals surface area (Å²) in [6.07, 6.45) is 2.16. The molecule has 29 heavy (non-hydrogen) atoms. The van der Waals surface area contributed by atoms with Crippen molar-refractivity contribution in [1.82, 2.24) is 15.6 Å². The Hall–Kier alpha value is -3.13. The Kier molecular flexibility index (Phi) is 6.66. The van der Waals surface area contributed by atoms with Gasteiger partial charge in [0.25, 0.3) is 0 Å². The van der Waals surface area contributed by atoms with Crippen LogP contribution in [0.1, 0.15) is 29.8 Å². The van der Waals surface area contributed by atoms with Gasteiger partial charge in [-0.05, 0) is 23.1 Å². The Morgan fingerprint density at radius 3 is 2.62 bits per heavy atom. The van der Waals surface area contributed by atoms with E-state index in [2.05, 4.69) is 15.6 Å². The average molecular weight is 413 g/mol. The number of benzene rings is 1. The third-order valence-electron chi connectivity index (χ3n) is 4.57. The maximum absolute atomic E-state index is 12.7. The normalized spacial score (nSPS) is 12.9. The number of carbonyl (C=O) groups is 3. The lowest BCUT2D eigenvalue weighted by atomic mass is 10.0. The quantitative estimate of drug-likeness (QED) is 0.494. The Balaban J connectivity index is 1.73. The molecule has 0 aliphatic rings. The standard InChI is InChI=1S/C21H23N3O4S/c1-13(25)23-17(19-8-5-9-29-19)11-20(26)24-18(21(27)28-2)10-14-12-22-16-7-4-3-6-15(14)16/h3-9,12,17-18,22H,10-11H2,1-2H3,(H,23,25)(H,24,26)/t17?,18-/m1/s1. The molecule has 3 aromatic rings. The molecule has 1 aromatic carbocycles. The number of carbonyl (C=O) groups excluding carboxylic acids is 3. The highest BCUT2D eigenvalue weighted by molar-refractivity contribution is 7.10. The topological polar surface area (TPSA) is 100 Å². The molecule has 3 N–H and O–H groups in total. The molecule has 0 bridgehead atoms. The molecule has 1 unspecified atom stereocenters. The average Bonchev–Trinajstić information content (AvgIpc) is 3.36. The fourth-order valence-corrected chi connectivity index (χ4v) is 4.03. The van der Waals surface area contributed by atoms with Crippen LogP contribution in [-0.2, 0) is 25.5 Å². The van der Waals surface area contributed by atoms with Crippen molar-refractivity contribution in [2.75, 3.05) is 7.11 Å². The number of aromatic nitrogens is 1. The molecule has 3 rings (SSSR count). The Bertz CT molecular complexity index is 996. The highest BCUT2D eigenvalue weighted by atomic mass is 32.1. The minimum absolute atomic E-state index is 0.0292. The predicted molar refractivity (Wildman–Crippen MR) is 111 cm³/mol. The highest BCUT2D eigenvalue weighted by Crippen LogP contribution is 2.23. The summed E-state index contributed by atoms with van der Waals surface area (Å²) in [6, 6.07) is 10.2. The maximum Gasteiger partial charge on any atom is 0.328 e. The molecule has 0 aliphatic heterocycles. The third-order valence-corrected chi connectivity index (χ3v) is 5.56. The van der Waals surface area contributed by atoms with Crippen LogP contribution in [0.4, 0.5) is 0 Å². The summed E-state index contributed by atoms with van der Waals surface area (Å²) in [5.74, 6) is -1.08. The van der Waals surface area contributed by atoms with Crippen LogP contribution >= 0.6 is 11.3 Å². The molecule has 0 fully saturated rings. The van der Waals surface area contributed by atoms with Crippen molar-refractivity contribution in [2.45, 2.75) is 31.8 Å². The third kappa shape index (κ3) is 5.23. The number of thiophene rings is 1. The van der Waals surface area contributed by atoms with Crippen molar-refractivity contribution in [2.24, 2.45) is 0 Å². The molecular weight excluding hydrogens is 390 g/mol. The van der Waals surface area contributed by atoms with E-state index in [1.165, 1.54) is 25.4 Å². The zero-order valence-corrected chi connectivity index (χ0v) is 17.0. The first-order valence-corrected chi connectivity index (χ1v) is 10.1. The number of aromatic amines is 1. The van der Waals surface area contributed by atoms with Gasteiger partial charge < -0.3 is 20.4 Å². The van der Waals surface area contributed by atoms with E-state index in [-0.39, 0.29) is 18.2 Å². The molecule has 2 amide bonds. The second-order valence-electron chi connectivity index (χ2n) is 6.68. The molecule has 2 atom stereocenters. The van der Waals surface area contributed by atoms with Crippen molar-refractivity contribution < 1.29 is 19.1 Å². The van der Waals surface area contributed by atoms with Gasteiger partial charge in [-0.15, -0.1) is 11.3 Å². The van der Waals surface area contributed by atoms with E-state index in [4.69, 9.17) is 4.74 Å². The van der Waals surface area contributed by atoms with Gasteiger partial charge in [0.1, 0.15) is 6.04 Å². The number of para-hydroxylation sites is 1. The van der Waals surface area contributed by atoms with Crippen molar-refractivity contribution in [3.05, 3.63) is 58.4 Å². The first-order chi connectivity index (χ1) is 14.0. The maximum atomic E-state index is 12.7. The van der Waals surface area contributed by atoms with Gasteiger partial charge in [-0.2, -0.15) is 0 Å². The second-order valence-corrected chi connectivity index (χ2v) is 7.66. The SMILES string of the molecule is COC(=O)[C@@H](Cc1c[nH]c2ccccc12)NC(=O)CC(NC(C)=O)c1cccs1. The molecule has 8 heteroatoms.